The van der Waals surface area contributed by atoms with E-state index in [1.165, 1.54) is 0 Å². The maximum Gasteiger partial charge on any atom is 0.137 e. The summed E-state index contributed by atoms with van der Waals surface area (Å²) in [5, 5.41) is 14.9. The summed E-state index contributed by atoms with van der Waals surface area (Å²) >= 11 is 3.43. The van der Waals surface area contributed by atoms with Crippen molar-refractivity contribution in [3.63, 3.8) is 0 Å². The second kappa shape index (κ2) is 5.32. The zero-order chi connectivity index (χ0) is 16.1. The van der Waals surface area contributed by atoms with Crippen molar-refractivity contribution in [2.24, 2.45) is 5.92 Å². The van der Waals surface area contributed by atoms with Gasteiger partial charge in [0.2, 0.25) is 0 Å². The molecule has 0 aliphatic heterocycles. The topological polar surface area (TPSA) is 63.3 Å². The SMILES string of the molecule is CC(=O)[C@H]1[C@H](c2ccc(Br)cc2)c2c(noc2C)C[C@]1(C)O. The molecule has 0 spiro atoms. The third-order valence-corrected chi connectivity index (χ3v) is 5.02. The third-order valence-electron chi connectivity index (χ3n) is 4.49. The van der Waals surface area contributed by atoms with E-state index in [1.54, 1.807) is 13.8 Å². The van der Waals surface area contributed by atoms with Gasteiger partial charge in [-0.1, -0.05) is 33.2 Å². The molecule has 0 saturated carbocycles. The van der Waals surface area contributed by atoms with Crippen LogP contribution in [0.5, 0.6) is 0 Å². The molecule has 0 saturated heterocycles. The number of carbonyl (C=O) groups excluding carboxylic acids is 1. The summed E-state index contributed by atoms with van der Waals surface area (Å²) in [6.07, 6.45) is 0.330. The molecule has 5 heteroatoms. The molecule has 2 aromatic rings. The number of hydrogen-bond donors (Lipinski definition) is 1. The van der Waals surface area contributed by atoms with Gasteiger partial charge in [-0.3, -0.25) is 4.79 Å². The molecule has 0 amide bonds. The van der Waals surface area contributed by atoms with Crippen molar-refractivity contribution >= 4 is 21.7 Å². The second-order valence-electron chi connectivity index (χ2n) is 6.25. The molecular weight excluding hydrogens is 346 g/mol. The summed E-state index contributed by atoms with van der Waals surface area (Å²) < 4.78 is 6.31. The van der Waals surface area contributed by atoms with Crippen molar-refractivity contribution < 1.29 is 14.4 Å². The normalized spacial score (nSPS) is 27.5. The highest BCUT2D eigenvalue weighted by atomic mass is 79.9. The number of halogens is 1. The molecule has 0 fully saturated rings. The highest BCUT2D eigenvalue weighted by Crippen LogP contribution is 2.47. The van der Waals surface area contributed by atoms with E-state index >= 15 is 0 Å². The molecule has 1 aliphatic carbocycles. The molecule has 3 atom stereocenters. The Morgan fingerprint density at radius 1 is 1.41 bits per heavy atom. The van der Waals surface area contributed by atoms with Gasteiger partial charge in [-0.2, -0.15) is 0 Å². The molecule has 1 heterocycles. The summed E-state index contributed by atoms with van der Waals surface area (Å²) in [5.74, 6) is -0.0660. The summed E-state index contributed by atoms with van der Waals surface area (Å²) in [6.45, 7) is 5.10. The van der Waals surface area contributed by atoms with Gasteiger partial charge in [0, 0.05) is 22.4 Å². The van der Waals surface area contributed by atoms with Crippen molar-refractivity contribution in [1.82, 2.24) is 5.16 Å². The van der Waals surface area contributed by atoms with Crippen molar-refractivity contribution in [2.45, 2.75) is 38.7 Å². The molecule has 1 aromatic heterocycles. The minimum absolute atomic E-state index is 0.0239. The van der Waals surface area contributed by atoms with E-state index in [9.17, 15) is 9.90 Å². The molecule has 0 unspecified atom stereocenters. The monoisotopic (exact) mass is 363 g/mol. The number of aryl methyl sites for hydroxylation is 1. The number of fused-ring (bicyclic) bond motifs is 1. The Hall–Kier alpha value is -1.46. The van der Waals surface area contributed by atoms with Gasteiger partial charge in [0.1, 0.15) is 11.5 Å². The summed E-state index contributed by atoms with van der Waals surface area (Å²) in [6, 6.07) is 7.83. The van der Waals surface area contributed by atoms with E-state index < -0.39 is 11.5 Å². The Labute approximate surface area is 137 Å². The zero-order valence-electron chi connectivity index (χ0n) is 12.8. The van der Waals surface area contributed by atoms with E-state index in [0.29, 0.717) is 12.2 Å². The largest absolute Gasteiger partial charge is 0.389 e. The first-order valence-electron chi connectivity index (χ1n) is 7.24. The number of Topliss-reactive ketones (excluding diaryl/α,β-unsaturated/α-hetero) is 1. The van der Waals surface area contributed by atoms with Gasteiger partial charge in [0.15, 0.2) is 0 Å². The fraction of sp³-hybridized carbons (Fsp3) is 0.412. The number of nitrogens with zero attached hydrogens (tertiary/aromatic N) is 1. The van der Waals surface area contributed by atoms with Crippen LogP contribution in [0.25, 0.3) is 0 Å². The number of aromatic nitrogens is 1. The average molecular weight is 364 g/mol. The quantitative estimate of drug-likeness (QED) is 0.887. The molecule has 1 aliphatic rings. The maximum absolute atomic E-state index is 12.3. The van der Waals surface area contributed by atoms with Gasteiger partial charge in [0.05, 0.1) is 17.2 Å². The van der Waals surface area contributed by atoms with Gasteiger partial charge < -0.3 is 9.63 Å². The van der Waals surface area contributed by atoms with Crippen LogP contribution in [-0.2, 0) is 11.2 Å². The van der Waals surface area contributed by atoms with Crippen LogP contribution in [-0.4, -0.2) is 21.6 Å². The van der Waals surface area contributed by atoms with E-state index in [4.69, 9.17) is 4.52 Å². The fourth-order valence-corrected chi connectivity index (χ4v) is 3.89. The van der Waals surface area contributed by atoms with Crippen LogP contribution >= 0.6 is 15.9 Å². The average Bonchev–Trinajstić information content (AvgIpc) is 2.77. The van der Waals surface area contributed by atoms with Crippen LogP contribution < -0.4 is 0 Å². The van der Waals surface area contributed by atoms with E-state index in [0.717, 1.165) is 21.3 Å². The first-order chi connectivity index (χ1) is 10.3. The van der Waals surface area contributed by atoms with Crippen LogP contribution in [0.1, 0.15) is 42.3 Å². The first kappa shape index (κ1) is 15.4. The van der Waals surface area contributed by atoms with Crippen molar-refractivity contribution in [1.29, 1.82) is 0 Å². The Morgan fingerprint density at radius 2 is 2.05 bits per heavy atom. The molecule has 0 bridgehead atoms. The molecule has 0 radical (unpaired) electrons. The highest BCUT2D eigenvalue weighted by Gasteiger charge is 2.49. The lowest BCUT2D eigenvalue weighted by molar-refractivity contribution is -0.130. The van der Waals surface area contributed by atoms with Gasteiger partial charge in [-0.25, -0.2) is 0 Å². The Morgan fingerprint density at radius 3 is 2.64 bits per heavy atom. The second-order valence-corrected chi connectivity index (χ2v) is 7.17. The first-order valence-corrected chi connectivity index (χ1v) is 8.04. The maximum atomic E-state index is 12.3. The zero-order valence-corrected chi connectivity index (χ0v) is 14.3. The minimum Gasteiger partial charge on any atom is -0.389 e. The van der Waals surface area contributed by atoms with Crippen molar-refractivity contribution in [3.8, 4) is 0 Å². The third kappa shape index (κ3) is 2.42. The smallest absolute Gasteiger partial charge is 0.137 e. The molecular formula is C17H18BrNO3. The molecule has 3 rings (SSSR count). The van der Waals surface area contributed by atoms with Gasteiger partial charge in [-0.05, 0) is 38.5 Å². The van der Waals surface area contributed by atoms with Crippen LogP contribution in [0.4, 0.5) is 0 Å². The van der Waals surface area contributed by atoms with Gasteiger partial charge in [-0.15, -0.1) is 0 Å². The Balaban J connectivity index is 2.23. The molecule has 1 N–H and O–H groups in total. The lowest BCUT2D eigenvalue weighted by Gasteiger charge is -2.40. The van der Waals surface area contributed by atoms with Gasteiger partial charge >= 0.3 is 0 Å². The Kier molecular flexibility index (Phi) is 3.73. The number of hydrogen-bond acceptors (Lipinski definition) is 4. The number of carbonyl (C=O) groups is 1. The Bertz CT molecular complexity index is 718. The fourth-order valence-electron chi connectivity index (χ4n) is 3.63. The number of rotatable bonds is 2. The van der Waals surface area contributed by atoms with Crippen LogP contribution in [0, 0.1) is 12.8 Å². The predicted molar refractivity (Wildman–Crippen MR) is 85.7 cm³/mol. The van der Waals surface area contributed by atoms with E-state index in [1.807, 2.05) is 31.2 Å². The number of aliphatic hydroxyl groups is 1. The molecule has 22 heavy (non-hydrogen) atoms. The summed E-state index contributed by atoms with van der Waals surface area (Å²) in [5.41, 5.74) is 1.53. The van der Waals surface area contributed by atoms with E-state index in [-0.39, 0.29) is 11.7 Å². The summed E-state index contributed by atoms with van der Waals surface area (Å²) in [4.78, 5) is 12.3. The highest BCUT2D eigenvalue weighted by molar-refractivity contribution is 9.10. The predicted octanol–water partition coefficient (Wildman–Crippen LogP) is 3.39. The number of ketones is 1. The van der Waals surface area contributed by atoms with Crippen LogP contribution in [0.2, 0.25) is 0 Å². The molecule has 1 aromatic carbocycles. The van der Waals surface area contributed by atoms with E-state index in [2.05, 4.69) is 21.1 Å². The van der Waals surface area contributed by atoms with Crippen molar-refractivity contribution in [2.75, 3.05) is 0 Å². The molecule has 4 nitrogen and oxygen atoms in total. The van der Waals surface area contributed by atoms with Gasteiger partial charge in [0.25, 0.3) is 0 Å². The van der Waals surface area contributed by atoms with Crippen LogP contribution in [0.15, 0.2) is 33.3 Å². The minimum atomic E-state index is -1.14. The summed E-state index contributed by atoms with van der Waals surface area (Å²) in [7, 11) is 0. The van der Waals surface area contributed by atoms with Crippen LogP contribution in [0.3, 0.4) is 0 Å². The number of benzene rings is 1. The lowest BCUT2D eigenvalue weighted by Crippen LogP contribution is -2.48. The van der Waals surface area contributed by atoms with Crippen molar-refractivity contribution in [3.05, 3.63) is 51.3 Å². The standard InChI is InChI=1S/C17H18BrNO3/c1-9(20)16-15(11-4-6-12(18)7-5-11)14-10(2)22-19-13(14)8-17(16,3)21/h4-7,15-16,21H,8H2,1-3H3/t15-,16+,17+/m1/s1. The molecule has 116 valence electrons. The lowest BCUT2D eigenvalue weighted by atomic mass is 9.64.